The standard InChI is InChI=1S/C11H21N3O4.2ClH/c1-2-3-18-10(16)13-6-11(17)7-14(8-11)5-9(15)4-12;;/h2,9,15,17H,1,3-8,12H2,(H,13,16);2*1H/t9-;;/m1../s1. The number of aliphatic hydroxyl groups excluding tert-OH is 1. The predicted molar refractivity (Wildman–Crippen MR) is 80.5 cm³/mol. The van der Waals surface area contributed by atoms with Crippen LogP contribution in [-0.4, -0.2) is 72.2 Å². The first kappa shape index (κ1) is 21.7. The Balaban J connectivity index is 0. The van der Waals surface area contributed by atoms with E-state index >= 15 is 0 Å². The van der Waals surface area contributed by atoms with Crippen molar-refractivity contribution in [2.75, 3.05) is 39.3 Å². The SMILES string of the molecule is C=CCOC(=O)NCC1(O)CN(C[C@H](O)CN)C1.Cl.Cl. The van der Waals surface area contributed by atoms with Crippen molar-refractivity contribution in [3.8, 4) is 0 Å². The Labute approximate surface area is 131 Å². The molecule has 9 heteroatoms. The molecule has 0 unspecified atom stereocenters. The minimum absolute atomic E-state index is 0. The van der Waals surface area contributed by atoms with Crippen LogP contribution in [0.5, 0.6) is 0 Å². The monoisotopic (exact) mass is 331 g/mol. The molecule has 5 N–H and O–H groups in total. The lowest BCUT2D eigenvalue weighted by Gasteiger charge is -2.47. The maximum absolute atomic E-state index is 11.1. The summed E-state index contributed by atoms with van der Waals surface area (Å²) in [7, 11) is 0. The summed E-state index contributed by atoms with van der Waals surface area (Å²) in [5.41, 5.74) is 4.33. The number of ether oxygens (including phenoxy) is 1. The second-order valence-electron chi connectivity index (χ2n) is 4.52. The molecule has 1 amide bonds. The van der Waals surface area contributed by atoms with Gasteiger partial charge in [0.05, 0.1) is 12.6 Å². The van der Waals surface area contributed by atoms with Crippen LogP contribution in [0.15, 0.2) is 12.7 Å². The van der Waals surface area contributed by atoms with Crippen LogP contribution in [0.2, 0.25) is 0 Å². The van der Waals surface area contributed by atoms with Crippen LogP contribution in [0.3, 0.4) is 0 Å². The van der Waals surface area contributed by atoms with E-state index in [1.54, 1.807) is 0 Å². The second-order valence-corrected chi connectivity index (χ2v) is 4.52. The van der Waals surface area contributed by atoms with E-state index in [0.29, 0.717) is 19.6 Å². The van der Waals surface area contributed by atoms with Crippen LogP contribution in [0.1, 0.15) is 0 Å². The molecule has 1 fully saturated rings. The summed E-state index contributed by atoms with van der Waals surface area (Å²) >= 11 is 0. The van der Waals surface area contributed by atoms with Crippen molar-refractivity contribution >= 4 is 30.9 Å². The third-order valence-corrected chi connectivity index (χ3v) is 2.67. The molecule has 0 aliphatic carbocycles. The third-order valence-electron chi connectivity index (χ3n) is 2.67. The van der Waals surface area contributed by atoms with Gasteiger partial charge in [0.25, 0.3) is 0 Å². The second kappa shape index (κ2) is 10.2. The summed E-state index contributed by atoms with van der Waals surface area (Å²) in [6, 6.07) is 0. The third kappa shape index (κ3) is 7.28. The molecule has 0 aromatic carbocycles. The molecule has 0 bridgehead atoms. The zero-order valence-electron chi connectivity index (χ0n) is 11.2. The van der Waals surface area contributed by atoms with Gasteiger partial charge in [0.15, 0.2) is 0 Å². The van der Waals surface area contributed by atoms with E-state index < -0.39 is 17.8 Å². The Morgan fingerprint density at radius 3 is 2.65 bits per heavy atom. The fraction of sp³-hybridized carbons (Fsp3) is 0.727. The number of hydrogen-bond donors (Lipinski definition) is 4. The molecule has 0 saturated carbocycles. The Morgan fingerprint density at radius 1 is 1.55 bits per heavy atom. The number of nitrogens with two attached hydrogens (primary N) is 1. The van der Waals surface area contributed by atoms with Crippen molar-refractivity contribution in [3.05, 3.63) is 12.7 Å². The van der Waals surface area contributed by atoms with Crippen molar-refractivity contribution in [3.63, 3.8) is 0 Å². The molecule has 1 atom stereocenters. The van der Waals surface area contributed by atoms with Crippen LogP contribution in [0.4, 0.5) is 4.79 Å². The highest BCUT2D eigenvalue weighted by Crippen LogP contribution is 2.19. The molecule has 120 valence electrons. The molecule has 1 heterocycles. The summed E-state index contributed by atoms with van der Waals surface area (Å²) in [5.74, 6) is 0. The number of rotatable bonds is 7. The van der Waals surface area contributed by atoms with E-state index in [1.165, 1.54) is 6.08 Å². The summed E-state index contributed by atoms with van der Waals surface area (Å²) in [6.45, 7) is 5.10. The molecule has 7 nitrogen and oxygen atoms in total. The summed E-state index contributed by atoms with van der Waals surface area (Å²) in [6.07, 6.45) is 0.303. The Bertz CT molecular complexity index is 301. The van der Waals surface area contributed by atoms with Crippen LogP contribution in [0, 0.1) is 0 Å². The van der Waals surface area contributed by atoms with E-state index in [2.05, 4.69) is 11.9 Å². The zero-order chi connectivity index (χ0) is 13.6. The average molecular weight is 332 g/mol. The van der Waals surface area contributed by atoms with Crippen molar-refractivity contribution in [1.29, 1.82) is 0 Å². The highest BCUT2D eigenvalue weighted by Gasteiger charge is 2.41. The van der Waals surface area contributed by atoms with E-state index in [0.717, 1.165) is 0 Å². The van der Waals surface area contributed by atoms with Gasteiger partial charge in [0, 0.05) is 26.2 Å². The number of carbonyl (C=O) groups excluding carboxylic acids is 1. The van der Waals surface area contributed by atoms with Crippen LogP contribution in [0.25, 0.3) is 0 Å². The van der Waals surface area contributed by atoms with Gasteiger partial charge in [0.2, 0.25) is 0 Å². The number of likely N-dealkylation sites (tertiary alicyclic amines) is 1. The number of carbonyl (C=O) groups is 1. The van der Waals surface area contributed by atoms with Gasteiger partial charge in [-0.05, 0) is 0 Å². The molecular formula is C11H23Cl2N3O4. The number of nitrogens with one attached hydrogen (secondary N) is 1. The quantitative estimate of drug-likeness (QED) is 0.451. The molecule has 0 radical (unpaired) electrons. The number of hydrogen-bond acceptors (Lipinski definition) is 6. The topological polar surface area (TPSA) is 108 Å². The Kier molecular flexibility index (Phi) is 11.1. The van der Waals surface area contributed by atoms with Crippen LogP contribution < -0.4 is 11.1 Å². The first-order chi connectivity index (χ1) is 8.49. The van der Waals surface area contributed by atoms with Crippen LogP contribution >= 0.6 is 24.8 Å². The zero-order valence-corrected chi connectivity index (χ0v) is 12.8. The first-order valence-corrected chi connectivity index (χ1v) is 5.83. The summed E-state index contributed by atoms with van der Waals surface area (Å²) in [4.78, 5) is 13.0. The van der Waals surface area contributed by atoms with Gasteiger partial charge in [-0.2, -0.15) is 0 Å². The predicted octanol–water partition coefficient (Wildman–Crippen LogP) is -0.891. The van der Waals surface area contributed by atoms with Gasteiger partial charge in [-0.1, -0.05) is 12.7 Å². The number of β-amino-alcohol motifs (C(OH)–C–C–N with tert-alkyl or cyclic N) is 2. The molecule has 1 aliphatic rings. The highest BCUT2D eigenvalue weighted by atomic mass is 35.5. The Morgan fingerprint density at radius 2 is 2.15 bits per heavy atom. The molecule has 0 aromatic heterocycles. The minimum atomic E-state index is -0.957. The molecular weight excluding hydrogens is 309 g/mol. The Hall–Kier alpha value is -0.570. The average Bonchev–Trinajstić information content (AvgIpc) is 2.31. The minimum Gasteiger partial charge on any atom is -0.445 e. The smallest absolute Gasteiger partial charge is 0.407 e. The van der Waals surface area contributed by atoms with E-state index in [1.807, 2.05) is 4.90 Å². The van der Waals surface area contributed by atoms with Gasteiger partial charge in [-0.3, -0.25) is 4.90 Å². The normalized spacial score (nSPS) is 17.8. The lowest BCUT2D eigenvalue weighted by atomic mass is 9.94. The molecule has 1 rings (SSSR count). The van der Waals surface area contributed by atoms with E-state index in [-0.39, 0.29) is 44.5 Å². The summed E-state index contributed by atoms with van der Waals surface area (Å²) < 4.78 is 4.71. The van der Waals surface area contributed by atoms with E-state index in [4.69, 9.17) is 10.5 Å². The number of amides is 1. The van der Waals surface area contributed by atoms with Crippen LogP contribution in [-0.2, 0) is 4.74 Å². The number of aliphatic hydroxyl groups is 2. The number of alkyl carbamates (subject to hydrolysis) is 1. The van der Waals surface area contributed by atoms with Gasteiger partial charge < -0.3 is 26.0 Å². The molecule has 1 saturated heterocycles. The number of halogens is 2. The molecule has 0 aromatic rings. The summed E-state index contributed by atoms with van der Waals surface area (Å²) in [5, 5.41) is 21.8. The fourth-order valence-electron chi connectivity index (χ4n) is 1.82. The first-order valence-electron chi connectivity index (χ1n) is 5.83. The van der Waals surface area contributed by atoms with Gasteiger partial charge in [-0.15, -0.1) is 24.8 Å². The molecule has 1 aliphatic heterocycles. The molecule has 20 heavy (non-hydrogen) atoms. The lowest BCUT2D eigenvalue weighted by molar-refractivity contribution is -0.104. The van der Waals surface area contributed by atoms with Crippen molar-refractivity contribution in [1.82, 2.24) is 10.2 Å². The number of nitrogens with zero attached hydrogens (tertiary/aromatic N) is 1. The van der Waals surface area contributed by atoms with Gasteiger partial charge in [0.1, 0.15) is 12.2 Å². The van der Waals surface area contributed by atoms with Gasteiger partial charge >= 0.3 is 6.09 Å². The maximum atomic E-state index is 11.1. The van der Waals surface area contributed by atoms with Crippen molar-refractivity contribution in [2.24, 2.45) is 5.73 Å². The van der Waals surface area contributed by atoms with Crippen molar-refractivity contribution in [2.45, 2.75) is 11.7 Å². The van der Waals surface area contributed by atoms with Gasteiger partial charge in [-0.25, -0.2) is 4.79 Å². The maximum Gasteiger partial charge on any atom is 0.407 e. The fourth-order valence-corrected chi connectivity index (χ4v) is 1.82. The highest BCUT2D eigenvalue weighted by molar-refractivity contribution is 5.85. The largest absolute Gasteiger partial charge is 0.445 e. The molecule has 0 spiro atoms. The van der Waals surface area contributed by atoms with E-state index in [9.17, 15) is 15.0 Å². The van der Waals surface area contributed by atoms with Crippen molar-refractivity contribution < 1.29 is 19.7 Å². The lowest BCUT2D eigenvalue weighted by Crippen LogP contribution is -2.67.